The molecule has 4 heteroatoms. The van der Waals surface area contributed by atoms with Crippen LogP contribution in [-0.2, 0) is 4.79 Å². The number of likely N-dealkylation sites (N-methyl/N-ethyl adjacent to an activating group) is 1. The van der Waals surface area contributed by atoms with Crippen LogP contribution in [-0.4, -0.2) is 55.0 Å². The van der Waals surface area contributed by atoms with Gasteiger partial charge in [-0.3, -0.25) is 4.79 Å². The molecule has 0 aromatic rings. The van der Waals surface area contributed by atoms with Crippen molar-refractivity contribution in [1.82, 2.24) is 9.80 Å². The lowest BCUT2D eigenvalue weighted by atomic mass is 10.0. The van der Waals surface area contributed by atoms with Crippen LogP contribution in [0.3, 0.4) is 0 Å². The number of amides is 1. The Kier molecular flexibility index (Phi) is 4.54. The van der Waals surface area contributed by atoms with Crippen molar-refractivity contribution in [2.24, 2.45) is 11.7 Å². The molecule has 1 unspecified atom stereocenters. The van der Waals surface area contributed by atoms with E-state index in [0.717, 1.165) is 32.6 Å². The third-order valence-electron chi connectivity index (χ3n) is 2.86. The standard InChI is InChI=1S/C11H23N3O/c1-9(2)8-10(12)11(15)14-6-4-13(3)5-7-14/h9-10H,4-8,12H2,1-3H3. The Morgan fingerprint density at radius 2 is 1.80 bits per heavy atom. The number of carbonyl (C=O) groups is 1. The molecule has 4 nitrogen and oxygen atoms in total. The smallest absolute Gasteiger partial charge is 0.239 e. The zero-order valence-electron chi connectivity index (χ0n) is 10.1. The molecule has 1 heterocycles. The Bertz CT molecular complexity index is 210. The summed E-state index contributed by atoms with van der Waals surface area (Å²) in [6.45, 7) is 7.75. The van der Waals surface area contributed by atoms with Crippen molar-refractivity contribution in [2.45, 2.75) is 26.3 Å². The summed E-state index contributed by atoms with van der Waals surface area (Å²) in [5.74, 6) is 0.605. The maximum atomic E-state index is 11.9. The SMILES string of the molecule is CC(C)CC(N)C(=O)N1CCN(C)CC1. The molecule has 0 bridgehead atoms. The first-order chi connectivity index (χ1) is 7.00. The maximum absolute atomic E-state index is 11.9. The molecule has 2 N–H and O–H groups in total. The van der Waals surface area contributed by atoms with E-state index in [9.17, 15) is 4.79 Å². The van der Waals surface area contributed by atoms with Crippen molar-refractivity contribution in [3.8, 4) is 0 Å². The molecular weight excluding hydrogens is 190 g/mol. The second kappa shape index (κ2) is 5.47. The number of nitrogens with zero attached hydrogens (tertiary/aromatic N) is 2. The van der Waals surface area contributed by atoms with Gasteiger partial charge in [0, 0.05) is 26.2 Å². The van der Waals surface area contributed by atoms with Crippen molar-refractivity contribution in [2.75, 3.05) is 33.2 Å². The predicted octanol–water partition coefficient (Wildman–Crippen LogP) is 0.134. The summed E-state index contributed by atoms with van der Waals surface area (Å²) in [6.07, 6.45) is 0.783. The first-order valence-corrected chi connectivity index (χ1v) is 5.73. The summed E-state index contributed by atoms with van der Waals surface area (Å²) >= 11 is 0. The van der Waals surface area contributed by atoms with Gasteiger partial charge in [0.15, 0.2) is 0 Å². The number of hydrogen-bond acceptors (Lipinski definition) is 3. The van der Waals surface area contributed by atoms with Gasteiger partial charge < -0.3 is 15.5 Å². The molecule has 1 amide bonds. The fourth-order valence-corrected chi connectivity index (χ4v) is 1.87. The Hall–Kier alpha value is -0.610. The van der Waals surface area contributed by atoms with Gasteiger partial charge in [0.2, 0.25) is 5.91 Å². The van der Waals surface area contributed by atoms with Gasteiger partial charge in [-0.25, -0.2) is 0 Å². The van der Waals surface area contributed by atoms with E-state index in [1.54, 1.807) is 0 Å². The second-order valence-corrected chi connectivity index (χ2v) is 4.86. The Labute approximate surface area is 92.4 Å². The molecule has 0 aromatic carbocycles. The van der Waals surface area contributed by atoms with Crippen molar-refractivity contribution in [3.63, 3.8) is 0 Å². The van der Waals surface area contributed by atoms with E-state index in [2.05, 4.69) is 25.8 Å². The number of nitrogens with two attached hydrogens (primary N) is 1. The third-order valence-corrected chi connectivity index (χ3v) is 2.86. The average Bonchev–Trinajstić information content (AvgIpc) is 2.17. The van der Waals surface area contributed by atoms with Gasteiger partial charge in [-0.05, 0) is 19.4 Å². The number of piperazine rings is 1. The molecule has 0 spiro atoms. The number of rotatable bonds is 3. The lowest BCUT2D eigenvalue weighted by molar-refractivity contribution is -0.134. The van der Waals surface area contributed by atoms with Gasteiger partial charge >= 0.3 is 0 Å². The molecule has 15 heavy (non-hydrogen) atoms. The van der Waals surface area contributed by atoms with Crippen LogP contribution in [0, 0.1) is 5.92 Å². The molecule has 0 saturated carbocycles. The van der Waals surface area contributed by atoms with Gasteiger partial charge in [0.1, 0.15) is 0 Å². The normalized spacial score (nSPS) is 20.7. The minimum absolute atomic E-state index is 0.122. The summed E-state index contributed by atoms with van der Waals surface area (Å²) in [6, 6.07) is -0.312. The summed E-state index contributed by atoms with van der Waals surface area (Å²) in [5.41, 5.74) is 5.88. The highest BCUT2D eigenvalue weighted by Gasteiger charge is 2.24. The summed E-state index contributed by atoms with van der Waals surface area (Å²) in [4.78, 5) is 16.1. The van der Waals surface area contributed by atoms with Crippen LogP contribution < -0.4 is 5.73 Å². The Morgan fingerprint density at radius 1 is 1.27 bits per heavy atom. The highest BCUT2D eigenvalue weighted by atomic mass is 16.2. The van der Waals surface area contributed by atoms with Gasteiger partial charge in [-0.1, -0.05) is 13.8 Å². The van der Waals surface area contributed by atoms with E-state index in [4.69, 9.17) is 5.73 Å². The van der Waals surface area contributed by atoms with Crippen LogP contribution in [0.25, 0.3) is 0 Å². The van der Waals surface area contributed by atoms with E-state index in [1.165, 1.54) is 0 Å². The summed E-state index contributed by atoms with van der Waals surface area (Å²) in [5, 5.41) is 0. The molecule has 1 aliphatic heterocycles. The van der Waals surface area contributed by atoms with Crippen molar-refractivity contribution in [1.29, 1.82) is 0 Å². The largest absolute Gasteiger partial charge is 0.339 e. The monoisotopic (exact) mass is 213 g/mol. The lowest BCUT2D eigenvalue weighted by Gasteiger charge is -2.34. The lowest BCUT2D eigenvalue weighted by Crippen LogP contribution is -2.52. The second-order valence-electron chi connectivity index (χ2n) is 4.86. The molecule has 1 atom stereocenters. The van der Waals surface area contributed by atoms with E-state index in [0.29, 0.717) is 5.92 Å². The van der Waals surface area contributed by atoms with Crippen molar-refractivity contribution in [3.05, 3.63) is 0 Å². The fourth-order valence-electron chi connectivity index (χ4n) is 1.87. The van der Waals surface area contributed by atoms with E-state index < -0.39 is 0 Å². The van der Waals surface area contributed by atoms with E-state index in [1.807, 2.05) is 4.90 Å². The molecule has 88 valence electrons. The summed E-state index contributed by atoms with van der Waals surface area (Å²) in [7, 11) is 2.08. The van der Waals surface area contributed by atoms with Gasteiger partial charge in [-0.15, -0.1) is 0 Å². The number of hydrogen-bond donors (Lipinski definition) is 1. The van der Waals surface area contributed by atoms with Crippen LogP contribution in [0.1, 0.15) is 20.3 Å². The minimum Gasteiger partial charge on any atom is -0.339 e. The number of carbonyl (C=O) groups excluding carboxylic acids is 1. The summed E-state index contributed by atoms with van der Waals surface area (Å²) < 4.78 is 0. The first-order valence-electron chi connectivity index (χ1n) is 5.73. The molecule has 1 saturated heterocycles. The zero-order chi connectivity index (χ0) is 11.4. The van der Waals surface area contributed by atoms with Crippen molar-refractivity contribution >= 4 is 5.91 Å². The van der Waals surface area contributed by atoms with Crippen LogP contribution in [0.15, 0.2) is 0 Å². The molecular formula is C11H23N3O. The van der Waals surface area contributed by atoms with E-state index in [-0.39, 0.29) is 11.9 Å². The highest BCUT2D eigenvalue weighted by molar-refractivity contribution is 5.81. The van der Waals surface area contributed by atoms with Crippen LogP contribution in [0.5, 0.6) is 0 Å². The van der Waals surface area contributed by atoms with E-state index >= 15 is 0 Å². The Morgan fingerprint density at radius 3 is 2.27 bits per heavy atom. The fraction of sp³-hybridized carbons (Fsp3) is 0.909. The zero-order valence-corrected chi connectivity index (χ0v) is 10.1. The molecule has 0 radical (unpaired) electrons. The van der Waals surface area contributed by atoms with Gasteiger partial charge in [-0.2, -0.15) is 0 Å². The minimum atomic E-state index is -0.312. The first kappa shape index (κ1) is 12.5. The molecule has 1 aliphatic rings. The molecule has 1 fully saturated rings. The van der Waals surface area contributed by atoms with Gasteiger partial charge in [0.25, 0.3) is 0 Å². The predicted molar refractivity (Wildman–Crippen MR) is 61.5 cm³/mol. The highest BCUT2D eigenvalue weighted by Crippen LogP contribution is 2.07. The van der Waals surface area contributed by atoms with Crippen LogP contribution >= 0.6 is 0 Å². The van der Waals surface area contributed by atoms with Crippen LogP contribution in [0.4, 0.5) is 0 Å². The molecule has 0 aromatic heterocycles. The maximum Gasteiger partial charge on any atom is 0.239 e. The Balaban J connectivity index is 2.39. The average molecular weight is 213 g/mol. The van der Waals surface area contributed by atoms with Crippen molar-refractivity contribution < 1.29 is 4.79 Å². The quantitative estimate of drug-likeness (QED) is 0.725. The third kappa shape index (κ3) is 3.80. The van der Waals surface area contributed by atoms with Crippen LogP contribution in [0.2, 0.25) is 0 Å². The van der Waals surface area contributed by atoms with Gasteiger partial charge in [0.05, 0.1) is 6.04 Å². The topological polar surface area (TPSA) is 49.6 Å². The molecule has 0 aliphatic carbocycles. The molecule has 1 rings (SSSR count).